The molecule has 11 heteroatoms. The van der Waals surface area contributed by atoms with E-state index in [4.69, 9.17) is 15.1 Å². The molecule has 0 aliphatic rings. The van der Waals surface area contributed by atoms with Gasteiger partial charge < -0.3 is 26.6 Å². The van der Waals surface area contributed by atoms with Gasteiger partial charge >= 0.3 is 35.5 Å². The van der Waals surface area contributed by atoms with Gasteiger partial charge in [0.15, 0.2) is 0 Å². The van der Waals surface area contributed by atoms with E-state index in [2.05, 4.69) is 10.3 Å². The predicted molar refractivity (Wildman–Crippen MR) is 148 cm³/mol. The van der Waals surface area contributed by atoms with Crippen molar-refractivity contribution in [2.24, 2.45) is 0 Å². The van der Waals surface area contributed by atoms with Crippen LogP contribution in [0.15, 0.2) is 72.9 Å². The average molecular weight is 556 g/mol. The van der Waals surface area contributed by atoms with Gasteiger partial charge in [-0.3, -0.25) is 4.79 Å². The number of aliphatic hydroxyl groups is 2. The third-order valence-electron chi connectivity index (χ3n) is 5.88. The first-order valence-corrected chi connectivity index (χ1v) is 12.5. The standard InChI is InChI=1S/C29H30FN5O4.Na.H/c1-18(2)28-34-26(19-8-10-20(30)11-9-19)27(35(28)15-13-22(36)16-23(37)17-25(38)39)24-12-14-31-29(33-24)32-21-6-4-3-5-7-21;;/h3-15,18,22-23,36-37H,16-17H2,1-2H3,(H,38,39)(H,31,32,33);;/q;+1;-1/b15-13+;;/t22-,23-;;/m0../s1. The van der Waals surface area contributed by atoms with Crippen molar-refractivity contribution in [1.82, 2.24) is 19.5 Å². The topological polar surface area (TPSA) is 133 Å². The van der Waals surface area contributed by atoms with E-state index in [1.165, 1.54) is 18.2 Å². The van der Waals surface area contributed by atoms with Gasteiger partial charge in [0.25, 0.3) is 0 Å². The quantitative estimate of drug-likeness (QED) is 0.207. The van der Waals surface area contributed by atoms with E-state index < -0.39 is 24.6 Å². The van der Waals surface area contributed by atoms with Crippen molar-refractivity contribution in [3.05, 3.63) is 84.6 Å². The van der Waals surface area contributed by atoms with E-state index in [0.717, 1.165) is 5.69 Å². The van der Waals surface area contributed by atoms with Crippen molar-refractivity contribution < 1.29 is 55.5 Å². The molecule has 2 atom stereocenters. The van der Waals surface area contributed by atoms with Crippen LogP contribution in [0.4, 0.5) is 16.0 Å². The summed E-state index contributed by atoms with van der Waals surface area (Å²) in [5, 5.41) is 32.5. The number of hydrogen-bond donors (Lipinski definition) is 4. The van der Waals surface area contributed by atoms with E-state index in [0.29, 0.717) is 34.4 Å². The number of carboxylic acid groups (broad SMARTS) is 1. The van der Waals surface area contributed by atoms with Crippen LogP contribution in [0.1, 0.15) is 39.9 Å². The molecule has 0 saturated heterocycles. The monoisotopic (exact) mass is 555 g/mol. The summed E-state index contributed by atoms with van der Waals surface area (Å²) in [6.45, 7) is 3.95. The first kappa shape index (κ1) is 31.1. The third kappa shape index (κ3) is 8.06. The van der Waals surface area contributed by atoms with Crippen molar-refractivity contribution in [2.45, 2.75) is 44.8 Å². The van der Waals surface area contributed by atoms with Crippen LogP contribution in [0.2, 0.25) is 0 Å². The van der Waals surface area contributed by atoms with Gasteiger partial charge in [0.2, 0.25) is 5.95 Å². The van der Waals surface area contributed by atoms with Crippen LogP contribution in [0.5, 0.6) is 0 Å². The maximum atomic E-state index is 13.7. The number of nitrogens with one attached hydrogen (secondary N) is 1. The molecule has 0 radical (unpaired) electrons. The zero-order valence-corrected chi connectivity index (χ0v) is 24.6. The summed E-state index contributed by atoms with van der Waals surface area (Å²) in [5.74, 6) is -0.534. The second kappa shape index (κ2) is 14.3. The Kier molecular flexibility index (Phi) is 11.1. The molecule has 0 fully saturated rings. The number of anilines is 2. The molecule has 4 N–H and O–H groups in total. The number of halogens is 1. The fraction of sp³-hybridized carbons (Fsp3) is 0.241. The molecule has 4 rings (SSSR count). The largest absolute Gasteiger partial charge is 1.00 e. The van der Waals surface area contributed by atoms with Gasteiger partial charge in [0.05, 0.1) is 35.7 Å². The van der Waals surface area contributed by atoms with Crippen LogP contribution >= 0.6 is 0 Å². The minimum Gasteiger partial charge on any atom is -1.00 e. The van der Waals surface area contributed by atoms with Crippen molar-refractivity contribution in [2.75, 3.05) is 5.32 Å². The molecule has 0 aliphatic heterocycles. The second-order valence-electron chi connectivity index (χ2n) is 9.35. The molecule has 0 bridgehead atoms. The number of hydrogen-bond acceptors (Lipinski definition) is 7. The molecule has 0 aliphatic carbocycles. The van der Waals surface area contributed by atoms with Gasteiger partial charge in [-0.25, -0.2) is 19.3 Å². The zero-order chi connectivity index (χ0) is 27.9. The summed E-state index contributed by atoms with van der Waals surface area (Å²) in [7, 11) is 0. The van der Waals surface area contributed by atoms with Gasteiger partial charge in [-0.15, -0.1) is 0 Å². The number of rotatable bonds is 11. The Hall–Kier alpha value is -3.41. The predicted octanol–water partition coefficient (Wildman–Crippen LogP) is 2.19. The second-order valence-corrected chi connectivity index (χ2v) is 9.35. The molecule has 0 saturated carbocycles. The summed E-state index contributed by atoms with van der Waals surface area (Å²) in [6, 6.07) is 17.2. The third-order valence-corrected chi connectivity index (χ3v) is 5.88. The Balaban J connectivity index is 0.00000294. The number of aliphatic hydroxyl groups excluding tert-OH is 2. The number of nitrogens with zero attached hydrogens (tertiary/aromatic N) is 4. The van der Waals surface area contributed by atoms with E-state index in [9.17, 15) is 19.4 Å². The van der Waals surface area contributed by atoms with Crippen LogP contribution in [0, 0.1) is 5.82 Å². The van der Waals surface area contributed by atoms with Crippen molar-refractivity contribution in [3.63, 3.8) is 0 Å². The van der Waals surface area contributed by atoms with E-state index in [-0.39, 0.29) is 49.1 Å². The number of para-hydroxylation sites is 1. The summed E-state index contributed by atoms with van der Waals surface area (Å²) < 4.78 is 15.5. The number of carboxylic acids is 1. The smallest absolute Gasteiger partial charge is 1.00 e. The van der Waals surface area contributed by atoms with E-state index in [1.807, 2.05) is 44.2 Å². The van der Waals surface area contributed by atoms with Crippen LogP contribution in [-0.4, -0.2) is 53.0 Å². The van der Waals surface area contributed by atoms with Gasteiger partial charge in [0.1, 0.15) is 11.6 Å². The average Bonchev–Trinajstić information content (AvgIpc) is 3.28. The molecule has 0 amide bonds. The minimum atomic E-state index is -1.20. The number of aliphatic carboxylic acids is 1. The van der Waals surface area contributed by atoms with Crippen LogP contribution in [0.3, 0.4) is 0 Å². The van der Waals surface area contributed by atoms with Crippen LogP contribution < -0.4 is 34.9 Å². The Morgan fingerprint density at radius 3 is 2.42 bits per heavy atom. The molecule has 40 heavy (non-hydrogen) atoms. The zero-order valence-electron chi connectivity index (χ0n) is 23.6. The van der Waals surface area contributed by atoms with Crippen LogP contribution in [-0.2, 0) is 4.79 Å². The fourth-order valence-corrected chi connectivity index (χ4v) is 4.09. The first-order chi connectivity index (χ1) is 18.7. The molecule has 0 unspecified atom stereocenters. The summed E-state index contributed by atoms with van der Waals surface area (Å²) >= 11 is 0. The van der Waals surface area contributed by atoms with Crippen LogP contribution in [0.25, 0.3) is 28.8 Å². The number of carbonyl (C=O) groups is 1. The maximum absolute atomic E-state index is 13.7. The Morgan fingerprint density at radius 2 is 1.77 bits per heavy atom. The Labute approximate surface area is 255 Å². The molecule has 0 spiro atoms. The van der Waals surface area contributed by atoms with Crippen molar-refractivity contribution in [3.8, 4) is 22.6 Å². The summed E-state index contributed by atoms with van der Waals surface area (Å²) in [5.41, 5.74) is 3.18. The van der Waals surface area contributed by atoms with E-state index in [1.54, 1.807) is 35.2 Å². The normalized spacial score (nSPS) is 12.8. The number of aromatic nitrogens is 4. The first-order valence-electron chi connectivity index (χ1n) is 12.5. The Morgan fingerprint density at radius 1 is 1.07 bits per heavy atom. The van der Waals surface area contributed by atoms with Gasteiger partial charge in [-0.2, -0.15) is 0 Å². The molecule has 2 aromatic heterocycles. The molecular weight excluding hydrogens is 524 g/mol. The molecule has 4 aromatic rings. The number of imidazole rings is 1. The van der Waals surface area contributed by atoms with Crippen molar-refractivity contribution in [1.29, 1.82) is 0 Å². The molecule has 2 aromatic carbocycles. The molecule has 204 valence electrons. The van der Waals surface area contributed by atoms with Gasteiger partial charge in [-0.05, 0) is 48.5 Å². The van der Waals surface area contributed by atoms with Crippen molar-refractivity contribution >= 4 is 23.8 Å². The molecular formula is C29H31FN5NaO4. The van der Waals surface area contributed by atoms with E-state index >= 15 is 0 Å². The maximum Gasteiger partial charge on any atom is 1.00 e. The molecule has 2 heterocycles. The number of benzene rings is 2. The summed E-state index contributed by atoms with van der Waals surface area (Å²) in [4.78, 5) is 24.8. The SMILES string of the molecule is CC(C)c1nc(-c2ccc(F)cc2)c(-c2ccnc(Nc3ccccc3)n2)n1/C=C/[C@H](O)C[C@H](O)CC(=O)O.[H-].[Na+]. The minimum absolute atomic E-state index is 0. The fourth-order valence-electron chi connectivity index (χ4n) is 4.09. The Bertz CT molecular complexity index is 1450. The van der Waals surface area contributed by atoms with Gasteiger partial charge in [0, 0.05) is 36.0 Å². The molecule has 9 nitrogen and oxygen atoms in total. The van der Waals surface area contributed by atoms with Gasteiger partial charge in [-0.1, -0.05) is 32.0 Å². The summed E-state index contributed by atoms with van der Waals surface area (Å²) in [6.07, 6.45) is 1.81.